The molecule has 6 heteroatoms. The van der Waals surface area contributed by atoms with E-state index >= 15 is 0 Å². The smallest absolute Gasteiger partial charge is 0.410 e. The zero-order chi connectivity index (χ0) is 19.5. The molecule has 0 aliphatic carbocycles. The molecule has 1 heterocycles. The summed E-state index contributed by atoms with van der Waals surface area (Å²) in [7, 11) is 0. The Hall–Kier alpha value is -0.970. The fourth-order valence-electron chi connectivity index (χ4n) is 3.13. The number of halogens is 2. The standard InChI is InChI=1S/C20H30Cl2N2O2/c1-14(2)24(13-16-6-7-17(21)10-18(16)22)12-15-8-9-23(11-15)19(25)26-20(3,4)5/h6-7,10,14-15H,8-9,11-13H2,1-5H3/t15-/m0/s1. The second-order valence-electron chi connectivity index (χ2n) is 8.34. The van der Waals surface area contributed by atoms with Crippen LogP contribution in [0, 0.1) is 5.92 Å². The van der Waals surface area contributed by atoms with E-state index in [1.807, 2.05) is 37.8 Å². The number of benzene rings is 1. The second kappa shape index (κ2) is 8.81. The van der Waals surface area contributed by atoms with Crippen LogP contribution in [0.4, 0.5) is 4.79 Å². The third-order valence-corrected chi connectivity index (χ3v) is 5.14. The molecule has 0 saturated carbocycles. The number of likely N-dealkylation sites (tertiary alicyclic amines) is 1. The lowest BCUT2D eigenvalue weighted by Gasteiger charge is -2.30. The summed E-state index contributed by atoms with van der Waals surface area (Å²) in [5, 5.41) is 1.35. The normalized spacial score (nSPS) is 18.0. The van der Waals surface area contributed by atoms with Crippen molar-refractivity contribution in [2.24, 2.45) is 5.92 Å². The van der Waals surface area contributed by atoms with Crippen LogP contribution in [0.1, 0.15) is 46.6 Å². The first-order valence-corrected chi connectivity index (χ1v) is 9.96. The third-order valence-electron chi connectivity index (χ3n) is 4.55. The van der Waals surface area contributed by atoms with Crippen molar-refractivity contribution < 1.29 is 9.53 Å². The minimum Gasteiger partial charge on any atom is -0.444 e. The van der Waals surface area contributed by atoms with Gasteiger partial charge >= 0.3 is 6.09 Å². The van der Waals surface area contributed by atoms with Gasteiger partial charge in [0.25, 0.3) is 0 Å². The Bertz CT molecular complexity index is 629. The number of carbonyl (C=O) groups is 1. The minimum absolute atomic E-state index is 0.211. The van der Waals surface area contributed by atoms with Crippen molar-refractivity contribution >= 4 is 29.3 Å². The average Bonchev–Trinajstić information content (AvgIpc) is 2.96. The molecule has 0 spiro atoms. The molecular formula is C20H30Cl2N2O2. The van der Waals surface area contributed by atoms with Crippen molar-refractivity contribution in [2.45, 2.75) is 59.2 Å². The molecule has 146 valence electrons. The lowest BCUT2D eigenvalue weighted by Crippen LogP contribution is -2.38. The molecule has 0 unspecified atom stereocenters. The van der Waals surface area contributed by atoms with Gasteiger partial charge in [0.2, 0.25) is 0 Å². The van der Waals surface area contributed by atoms with E-state index in [4.69, 9.17) is 27.9 Å². The molecule has 1 fully saturated rings. The van der Waals surface area contributed by atoms with Gasteiger partial charge in [0.15, 0.2) is 0 Å². The Labute approximate surface area is 167 Å². The van der Waals surface area contributed by atoms with Gasteiger partial charge in [-0.25, -0.2) is 4.79 Å². The first kappa shape index (κ1) is 21.3. The Morgan fingerprint density at radius 2 is 2.04 bits per heavy atom. The van der Waals surface area contributed by atoms with Crippen molar-refractivity contribution in [2.75, 3.05) is 19.6 Å². The van der Waals surface area contributed by atoms with Gasteiger partial charge < -0.3 is 9.64 Å². The highest BCUT2D eigenvalue weighted by molar-refractivity contribution is 6.35. The van der Waals surface area contributed by atoms with Gasteiger partial charge in [-0.1, -0.05) is 29.3 Å². The highest BCUT2D eigenvalue weighted by Crippen LogP contribution is 2.25. The zero-order valence-electron chi connectivity index (χ0n) is 16.4. The SMILES string of the molecule is CC(C)N(Cc1ccc(Cl)cc1Cl)C[C@H]1CCN(C(=O)OC(C)(C)C)C1. The van der Waals surface area contributed by atoms with Crippen LogP contribution in [0.15, 0.2) is 18.2 Å². The van der Waals surface area contributed by atoms with E-state index in [1.165, 1.54) is 0 Å². The van der Waals surface area contributed by atoms with Crippen LogP contribution in [-0.4, -0.2) is 47.2 Å². The maximum Gasteiger partial charge on any atom is 0.410 e. The van der Waals surface area contributed by atoms with E-state index < -0.39 is 5.60 Å². The summed E-state index contributed by atoms with van der Waals surface area (Å²) >= 11 is 12.3. The van der Waals surface area contributed by atoms with Crippen molar-refractivity contribution in [3.8, 4) is 0 Å². The molecule has 1 saturated heterocycles. The van der Waals surface area contributed by atoms with Crippen LogP contribution in [0.2, 0.25) is 10.0 Å². The lowest BCUT2D eigenvalue weighted by atomic mass is 10.1. The Morgan fingerprint density at radius 1 is 1.35 bits per heavy atom. The fourth-order valence-corrected chi connectivity index (χ4v) is 3.60. The molecule has 0 N–H and O–H groups in total. The first-order chi connectivity index (χ1) is 12.0. The Morgan fingerprint density at radius 3 is 2.62 bits per heavy atom. The monoisotopic (exact) mass is 400 g/mol. The van der Waals surface area contributed by atoms with Crippen molar-refractivity contribution in [3.63, 3.8) is 0 Å². The van der Waals surface area contributed by atoms with Crippen LogP contribution in [-0.2, 0) is 11.3 Å². The molecule has 1 amide bonds. The number of ether oxygens (including phenoxy) is 1. The molecule has 26 heavy (non-hydrogen) atoms. The van der Waals surface area contributed by atoms with Crippen molar-refractivity contribution in [1.29, 1.82) is 0 Å². The molecule has 1 aromatic rings. The molecular weight excluding hydrogens is 371 g/mol. The van der Waals surface area contributed by atoms with Crippen LogP contribution >= 0.6 is 23.2 Å². The van der Waals surface area contributed by atoms with E-state index in [0.717, 1.165) is 38.2 Å². The van der Waals surface area contributed by atoms with Gasteiger partial charge in [-0.3, -0.25) is 4.90 Å². The van der Waals surface area contributed by atoms with Crippen LogP contribution in [0.5, 0.6) is 0 Å². The van der Waals surface area contributed by atoms with E-state index in [2.05, 4.69) is 18.7 Å². The molecule has 1 atom stereocenters. The predicted octanol–water partition coefficient (Wildman–Crippen LogP) is 5.46. The van der Waals surface area contributed by atoms with Gasteiger partial charge in [0.1, 0.15) is 5.60 Å². The molecule has 2 rings (SSSR count). The predicted molar refractivity (Wildman–Crippen MR) is 108 cm³/mol. The summed E-state index contributed by atoms with van der Waals surface area (Å²) in [4.78, 5) is 16.5. The number of carbonyl (C=O) groups excluding carboxylic acids is 1. The summed E-state index contributed by atoms with van der Waals surface area (Å²) in [6, 6.07) is 6.04. The summed E-state index contributed by atoms with van der Waals surface area (Å²) in [5.74, 6) is 0.441. The minimum atomic E-state index is -0.454. The number of hydrogen-bond acceptors (Lipinski definition) is 3. The van der Waals surface area contributed by atoms with E-state index in [1.54, 1.807) is 6.07 Å². The molecule has 4 nitrogen and oxygen atoms in total. The zero-order valence-corrected chi connectivity index (χ0v) is 17.9. The summed E-state index contributed by atoms with van der Waals surface area (Å²) in [5.41, 5.74) is 0.622. The largest absolute Gasteiger partial charge is 0.444 e. The Balaban J connectivity index is 1.95. The number of rotatable bonds is 5. The highest BCUT2D eigenvalue weighted by Gasteiger charge is 2.31. The summed E-state index contributed by atoms with van der Waals surface area (Å²) < 4.78 is 5.49. The van der Waals surface area contributed by atoms with Gasteiger partial charge in [0.05, 0.1) is 0 Å². The van der Waals surface area contributed by atoms with Gasteiger partial charge in [-0.15, -0.1) is 0 Å². The van der Waals surface area contributed by atoms with Gasteiger partial charge in [-0.2, -0.15) is 0 Å². The van der Waals surface area contributed by atoms with Gasteiger partial charge in [-0.05, 0) is 64.7 Å². The van der Waals surface area contributed by atoms with Crippen LogP contribution < -0.4 is 0 Å². The second-order valence-corrected chi connectivity index (χ2v) is 9.18. The van der Waals surface area contributed by atoms with E-state index in [9.17, 15) is 4.79 Å². The molecule has 1 aliphatic heterocycles. The van der Waals surface area contributed by atoms with E-state index in [0.29, 0.717) is 22.0 Å². The topological polar surface area (TPSA) is 32.8 Å². The van der Waals surface area contributed by atoms with Gasteiger partial charge in [0, 0.05) is 42.3 Å². The summed E-state index contributed by atoms with van der Waals surface area (Å²) in [6.45, 7) is 13.3. The maximum absolute atomic E-state index is 12.3. The Kier molecular flexibility index (Phi) is 7.23. The average molecular weight is 401 g/mol. The lowest BCUT2D eigenvalue weighted by molar-refractivity contribution is 0.0284. The van der Waals surface area contributed by atoms with Crippen LogP contribution in [0.3, 0.4) is 0 Å². The molecule has 1 aliphatic rings. The highest BCUT2D eigenvalue weighted by atomic mass is 35.5. The molecule has 0 aromatic heterocycles. The number of hydrogen-bond donors (Lipinski definition) is 0. The summed E-state index contributed by atoms with van der Waals surface area (Å²) in [6.07, 6.45) is 0.786. The number of amides is 1. The maximum atomic E-state index is 12.3. The third kappa shape index (κ3) is 6.33. The quantitative estimate of drug-likeness (QED) is 0.657. The fraction of sp³-hybridized carbons (Fsp3) is 0.650. The van der Waals surface area contributed by atoms with Crippen molar-refractivity contribution in [3.05, 3.63) is 33.8 Å². The molecule has 1 aromatic carbocycles. The number of nitrogens with zero attached hydrogens (tertiary/aromatic N) is 2. The molecule has 0 radical (unpaired) electrons. The molecule has 0 bridgehead atoms. The first-order valence-electron chi connectivity index (χ1n) is 9.21. The van der Waals surface area contributed by atoms with E-state index in [-0.39, 0.29) is 6.09 Å². The van der Waals surface area contributed by atoms with Crippen LogP contribution in [0.25, 0.3) is 0 Å². The van der Waals surface area contributed by atoms with Crippen molar-refractivity contribution in [1.82, 2.24) is 9.80 Å².